The molecule has 0 radical (unpaired) electrons. The number of likely N-dealkylation sites (N-methyl/N-ethyl adjacent to an activating group) is 1. The van der Waals surface area contributed by atoms with Crippen LogP contribution in [0.1, 0.15) is 54.6 Å². The number of nitrogens with zero attached hydrogens (tertiary/aromatic N) is 6. The van der Waals surface area contributed by atoms with Gasteiger partial charge in [0.1, 0.15) is 0 Å². The van der Waals surface area contributed by atoms with Gasteiger partial charge in [-0.15, -0.1) is 5.10 Å². The van der Waals surface area contributed by atoms with E-state index in [1.807, 2.05) is 28.6 Å². The minimum Gasteiger partial charge on any atom is -0.393 e. The number of amides is 1. The molecule has 1 saturated heterocycles. The van der Waals surface area contributed by atoms with E-state index in [1.54, 1.807) is 19.5 Å². The van der Waals surface area contributed by atoms with Crippen molar-refractivity contribution in [3.63, 3.8) is 0 Å². The van der Waals surface area contributed by atoms with Gasteiger partial charge in [0.25, 0.3) is 5.91 Å². The summed E-state index contributed by atoms with van der Waals surface area (Å²) in [5.41, 5.74) is 4.39. The van der Waals surface area contributed by atoms with Crippen molar-refractivity contribution in [1.29, 1.82) is 0 Å². The maximum atomic E-state index is 13.2. The van der Waals surface area contributed by atoms with Gasteiger partial charge < -0.3 is 25.0 Å². The molecule has 3 aromatic rings. The quantitative estimate of drug-likeness (QED) is 0.503. The van der Waals surface area contributed by atoms with Gasteiger partial charge in [0, 0.05) is 74.5 Å². The van der Waals surface area contributed by atoms with Gasteiger partial charge in [0.15, 0.2) is 0 Å². The third-order valence-corrected chi connectivity index (χ3v) is 7.54. The zero-order chi connectivity index (χ0) is 25.9. The number of fused-ring (bicyclic) bond motifs is 1. The Morgan fingerprint density at radius 2 is 1.89 bits per heavy atom. The lowest BCUT2D eigenvalue weighted by Gasteiger charge is -2.32. The van der Waals surface area contributed by atoms with Crippen molar-refractivity contribution in [3.8, 4) is 11.1 Å². The predicted molar refractivity (Wildman–Crippen MR) is 142 cm³/mol. The van der Waals surface area contributed by atoms with Crippen molar-refractivity contribution in [3.05, 3.63) is 42.0 Å². The minimum absolute atomic E-state index is 0.0160. The van der Waals surface area contributed by atoms with Crippen molar-refractivity contribution >= 4 is 17.4 Å². The third kappa shape index (κ3) is 5.61. The molecule has 2 fully saturated rings. The van der Waals surface area contributed by atoms with Crippen molar-refractivity contribution in [1.82, 2.24) is 29.4 Å². The van der Waals surface area contributed by atoms with Crippen molar-refractivity contribution < 1.29 is 14.6 Å². The van der Waals surface area contributed by atoms with Crippen LogP contribution in [0.4, 0.5) is 5.95 Å². The molecule has 1 atom stereocenters. The molecule has 5 rings (SSSR count). The van der Waals surface area contributed by atoms with Gasteiger partial charge >= 0.3 is 0 Å². The molecule has 0 unspecified atom stereocenters. The molecule has 10 nitrogen and oxygen atoms in total. The van der Waals surface area contributed by atoms with E-state index in [-0.39, 0.29) is 24.0 Å². The second kappa shape index (κ2) is 11.1. The summed E-state index contributed by atoms with van der Waals surface area (Å²) in [5, 5.41) is 18.2. The van der Waals surface area contributed by atoms with E-state index in [2.05, 4.69) is 33.3 Å². The summed E-state index contributed by atoms with van der Waals surface area (Å²) in [7, 11) is 3.75. The largest absolute Gasteiger partial charge is 0.393 e. The van der Waals surface area contributed by atoms with Gasteiger partial charge in [0.2, 0.25) is 5.95 Å². The molecular formula is C27H37N7O3. The second-order valence-electron chi connectivity index (χ2n) is 10.4. The molecule has 1 saturated carbocycles. The van der Waals surface area contributed by atoms with Gasteiger partial charge in [-0.2, -0.15) is 0 Å². The Kier molecular flexibility index (Phi) is 7.68. The maximum absolute atomic E-state index is 13.2. The van der Waals surface area contributed by atoms with Crippen molar-refractivity contribution in [2.45, 2.75) is 50.7 Å². The van der Waals surface area contributed by atoms with Crippen LogP contribution in [0.3, 0.4) is 0 Å². The highest BCUT2D eigenvalue weighted by Crippen LogP contribution is 2.37. The van der Waals surface area contributed by atoms with Gasteiger partial charge in [-0.3, -0.25) is 9.78 Å². The van der Waals surface area contributed by atoms with Gasteiger partial charge in [-0.1, -0.05) is 0 Å². The van der Waals surface area contributed by atoms with Gasteiger partial charge in [-0.25, -0.2) is 9.50 Å². The fraction of sp³-hybridized carbons (Fsp3) is 0.556. The number of methoxy groups -OCH3 is 1. The van der Waals surface area contributed by atoms with Crippen molar-refractivity contribution in [2.75, 3.05) is 52.3 Å². The van der Waals surface area contributed by atoms with Crippen LogP contribution >= 0.6 is 0 Å². The Morgan fingerprint density at radius 3 is 2.62 bits per heavy atom. The highest BCUT2D eigenvalue weighted by atomic mass is 16.5. The zero-order valence-corrected chi connectivity index (χ0v) is 21.9. The molecule has 10 heteroatoms. The fourth-order valence-corrected chi connectivity index (χ4v) is 5.38. The van der Waals surface area contributed by atoms with Crippen LogP contribution in [-0.2, 0) is 4.74 Å². The second-order valence-corrected chi connectivity index (χ2v) is 10.4. The summed E-state index contributed by atoms with van der Waals surface area (Å²) >= 11 is 0. The van der Waals surface area contributed by atoms with Crippen LogP contribution in [0, 0.1) is 0 Å². The Morgan fingerprint density at radius 1 is 1.14 bits per heavy atom. The van der Waals surface area contributed by atoms with E-state index in [9.17, 15) is 9.90 Å². The van der Waals surface area contributed by atoms with Crippen molar-refractivity contribution in [2.24, 2.45) is 0 Å². The molecule has 4 heterocycles. The summed E-state index contributed by atoms with van der Waals surface area (Å²) in [4.78, 5) is 26.4. The molecule has 0 spiro atoms. The normalized spacial score (nSPS) is 21.8. The number of rotatable bonds is 7. The molecule has 1 aliphatic carbocycles. The summed E-state index contributed by atoms with van der Waals surface area (Å²) in [6.07, 6.45) is 8.43. The van der Waals surface area contributed by atoms with E-state index >= 15 is 0 Å². The molecule has 1 amide bonds. The lowest BCUT2D eigenvalue weighted by Crippen LogP contribution is -2.47. The Bertz CT molecular complexity index is 1230. The minimum atomic E-state index is -0.231. The number of carbonyl (C=O) groups is 1. The standard InChI is InChI=1S/C27H37N7O3/c1-18(17-37-3)30-27-29-16-25-23(13-24(34(25)31-27)19-4-6-22(35)7-5-19)20-12-21(15-28-14-20)26(36)33-10-8-32(2)9-11-33/h12-16,18-19,22,35H,4-11,17H2,1-3H3,(H,30,31)/t18-,19?,22?/m0/s1. The molecule has 1 aliphatic heterocycles. The Hall–Kier alpha value is -3.08. The van der Waals surface area contributed by atoms with Crippen LogP contribution in [0.5, 0.6) is 0 Å². The molecule has 198 valence electrons. The topological polar surface area (TPSA) is 108 Å². The maximum Gasteiger partial charge on any atom is 0.255 e. The molecule has 0 aromatic carbocycles. The highest BCUT2D eigenvalue weighted by Gasteiger charge is 2.26. The molecular weight excluding hydrogens is 470 g/mol. The SMILES string of the molecule is COC[C@H](C)Nc1ncc2c(-c3cncc(C(=O)N4CCN(C)CC4)c3)cc(C3CCC(O)CC3)n2n1. The number of aliphatic hydroxyl groups excluding tert-OH is 1. The molecule has 3 aromatic heterocycles. The first kappa shape index (κ1) is 25.6. The summed E-state index contributed by atoms with van der Waals surface area (Å²) in [5.74, 6) is 0.836. The number of ether oxygens (including phenoxy) is 1. The van der Waals surface area contributed by atoms with E-state index < -0.39 is 0 Å². The Labute approximate surface area is 217 Å². The van der Waals surface area contributed by atoms with Gasteiger partial charge in [0.05, 0.1) is 30.0 Å². The first-order valence-electron chi connectivity index (χ1n) is 13.2. The molecule has 0 bridgehead atoms. The van der Waals surface area contributed by atoms with Crippen LogP contribution in [0.2, 0.25) is 0 Å². The number of carbonyl (C=O) groups excluding carboxylic acids is 1. The first-order valence-corrected chi connectivity index (χ1v) is 13.2. The highest BCUT2D eigenvalue weighted by molar-refractivity contribution is 5.96. The molecule has 37 heavy (non-hydrogen) atoms. The van der Waals surface area contributed by atoms with E-state index in [1.165, 1.54) is 0 Å². The zero-order valence-electron chi connectivity index (χ0n) is 21.9. The van der Waals surface area contributed by atoms with Crippen LogP contribution in [-0.4, -0.2) is 99.5 Å². The number of aromatic nitrogens is 4. The first-order chi connectivity index (χ1) is 17.9. The predicted octanol–water partition coefficient (Wildman–Crippen LogP) is 2.64. The van der Waals surface area contributed by atoms with Crippen LogP contribution < -0.4 is 5.32 Å². The lowest BCUT2D eigenvalue weighted by atomic mass is 9.85. The summed E-state index contributed by atoms with van der Waals surface area (Å²) in [6, 6.07) is 4.16. The average Bonchev–Trinajstić information content (AvgIpc) is 3.28. The number of hydrogen-bond donors (Lipinski definition) is 2. The van der Waals surface area contributed by atoms with E-state index in [0.717, 1.165) is 74.2 Å². The molecule has 2 N–H and O–H groups in total. The number of anilines is 1. The number of pyridine rings is 1. The van der Waals surface area contributed by atoms with Gasteiger partial charge in [-0.05, 0) is 51.8 Å². The lowest BCUT2D eigenvalue weighted by molar-refractivity contribution is 0.0663. The van der Waals surface area contributed by atoms with Crippen LogP contribution in [0.25, 0.3) is 16.6 Å². The monoisotopic (exact) mass is 507 g/mol. The smallest absolute Gasteiger partial charge is 0.255 e. The van der Waals surface area contributed by atoms with Crippen LogP contribution in [0.15, 0.2) is 30.7 Å². The third-order valence-electron chi connectivity index (χ3n) is 7.54. The molecule has 2 aliphatic rings. The summed E-state index contributed by atoms with van der Waals surface area (Å²) < 4.78 is 7.22. The number of nitrogens with one attached hydrogen (secondary N) is 1. The Balaban J connectivity index is 1.50. The summed E-state index contributed by atoms with van der Waals surface area (Å²) in [6.45, 7) is 5.76. The fourth-order valence-electron chi connectivity index (χ4n) is 5.38. The van der Waals surface area contributed by atoms with E-state index in [4.69, 9.17) is 9.84 Å². The average molecular weight is 508 g/mol. The number of hydrogen-bond acceptors (Lipinski definition) is 8. The number of aliphatic hydroxyl groups is 1. The van der Waals surface area contributed by atoms with E-state index in [0.29, 0.717) is 18.1 Å². The number of piperazine rings is 1.